The number of aryl methyl sites for hydroxylation is 1. The molecule has 0 heterocycles. The molecule has 0 saturated carbocycles. The first-order valence-electron chi connectivity index (χ1n) is 6.50. The number of benzene rings is 2. The number of hydrogen-bond donors (Lipinski definition) is 3. The highest BCUT2D eigenvalue weighted by atomic mass is 16.1. The number of amides is 2. The average molecular weight is 283 g/mol. The quantitative estimate of drug-likeness (QED) is 0.780. The molecule has 0 atom stereocenters. The molecule has 0 aliphatic rings. The minimum atomic E-state index is -0.600. The van der Waals surface area contributed by atoms with Crippen LogP contribution in [-0.4, -0.2) is 11.8 Å². The predicted molar refractivity (Wildman–Crippen MR) is 82.0 cm³/mol. The van der Waals surface area contributed by atoms with E-state index in [0.29, 0.717) is 12.2 Å². The third-order valence-electron chi connectivity index (χ3n) is 3.08. The minimum absolute atomic E-state index is 0.248. The first kappa shape index (κ1) is 14.6. The molecule has 21 heavy (non-hydrogen) atoms. The fourth-order valence-electron chi connectivity index (χ4n) is 2.04. The zero-order valence-electron chi connectivity index (χ0n) is 11.7. The number of rotatable bonds is 5. The molecule has 0 spiro atoms. The number of hydrogen-bond acceptors (Lipinski definition) is 3. The van der Waals surface area contributed by atoms with Crippen LogP contribution in [0.4, 0.5) is 5.69 Å². The Labute approximate surface area is 123 Å². The van der Waals surface area contributed by atoms with Gasteiger partial charge < -0.3 is 16.8 Å². The Balaban J connectivity index is 2.23. The number of carbonyl (C=O) groups is 2. The molecule has 2 amide bonds. The van der Waals surface area contributed by atoms with Crippen molar-refractivity contribution in [3.63, 3.8) is 0 Å². The van der Waals surface area contributed by atoms with Crippen LogP contribution in [0, 0.1) is 6.92 Å². The summed E-state index contributed by atoms with van der Waals surface area (Å²) in [5.41, 5.74) is 13.9. The second-order valence-electron chi connectivity index (χ2n) is 4.87. The van der Waals surface area contributed by atoms with Crippen LogP contribution in [0.25, 0.3) is 0 Å². The lowest BCUT2D eigenvalue weighted by molar-refractivity contribution is 0.0999. The van der Waals surface area contributed by atoms with Crippen LogP contribution in [0.1, 0.15) is 31.8 Å². The Morgan fingerprint density at radius 2 is 1.62 bits per heavy atom. The van der Waals surface area contributed by atoms with E-state index in [0.717, 1.165) is 11.1 Å². The van der Waals surface area contributed by atoms with Crippen molar-refractivity contribution in [2.45, 2.75) is 13.5 Å². The van der Waals surface area contributed by atoms with Gasteiger partial charge in [0.15, 0.2) is 0 Å². The highest BCUT2D eigenvalue weighted by Crippen LogP contribution is 2.16. The Hall–Kier alpha value is -2.82. The van der Waals surface area contributed by atoms with Gasteiger partial charge in [-0.25, -0.2) is 0 Å². The second kappa shape index (κ2) is 6.09. The van der Waals surface area contributed by atoms with Gasteiger partial charge in [0.05, 0.1) is 0 Å². The maximum absolute atomic E-state index is 11.3. The standard InChI is InChI=1S/C16H17N3O2/c1-10-3-2-4-11(5-10)9-19-14-7-12(15(17)20)6-13(8-14)16(18)21/h2-8,19H,9H2,1H3,(H2,17,20)(H2,18,21). The van der Waals surface area contributed by atoms with Crippen LogP contribution in [-0.2, 0) is 6.54 Å². The highest BCUT2D eigenvalue weighted by Gasteiger charge is 2.09. The van der Waals surface area contributed by atoms with Crippen molar-refractivity contribution in [1.82, 2.24) is 0 Å². The van der Waals surface area contributed by atoms with Crippen LogP contribution < -0.4 is 16.8 Å². The SMILES string of the molecule is Cc1cccc(CNc2cc(C(N)=O)cc(C(N)=O)c2)c1. The van der Waals surface area contributed by atoms with Crippen molar-refractivity contribution < 1.29 is 9.59 Å². The molecule has 0 bridgehead atoms. The smallest absolute Gasteiger partial charge is 0.248 e. The topological polar surface area (TPSA) is 98.2 Å². The molecule has 5 N–H and O–H groups in total. The van der Waals surface area contributed by atoms with Crippen LogP contribution in [0.2, 0.25) is 0 Å². The number of carbonyl (C=O) groups excluding carboxylic acids is 2. The molecular weight excluding hydrogens is 266 g/mol. The van der Waals surface area contributed by atoms with Crippen molar-refractivity contribution in [2.75, 3.05) is 5.32 Å². The molecule has 0 aromatic heterocycles. The van der Waals surface area contributed by atoms with E-state index in [1.54, 1.807) is 12.1 Å². The number of nitrogens with one attached hydrogen (secondary N) is 1. The number of anilines is 1. The molecule has 0 radical (unpaired) electrons. The average Bonchev–Trinajstić information content (AvgIpc) is 2.45. The van der Waals surface area contributed by atoms with E-state index in [4.69, 9.17) is 11.5 Å². The van der Waals surface area contributed by atoms with Gasteiger partial charge in [-0.3, -0.25) is 9.59 Å². The van der Waals surface area contributed by atoms with E-state index >= 15 is 0 Å². The molecule has 2 aromatic carbocycles. The zero-order valence-corrected chi connectivity index (χ0v) is 11.7. The second-order valence-corrected chi connectivity index (χ2v) is 4.87. The summed E-state index contributed by atoms with van der Waals surface area (Å²) in [6.45, 7) is 2.59. The Morgan fingerprint density at radius 1 is 1.00 bits per heavy atom. The molecular formula is C16H17N3O2. The molecule has 2 rings (SSSR count). The van der Waals surface area contributed by atoms with E-state index in [2.05, 4.69) is 11.4 Å². The third-order valence-corrected chi connectivity index (χ3v) is 3.08. The monoisotopic (exact) mass is 283 g/mol. The summed E-state index contributed by atoms with van der Waals surface area (Å²) in [7, 11) is 0. The Morgan fingerprint density at radius 3 is 2.14 bits per heavy atom. The molecule has 0 unspecified atom stereocenters. The molecule has 0 aliphatic carbocycles. The summed E-state index contributed by atoms with van der Waals surface area (Å²) in [6.07, 6.45) is 0. The lowest BCUT2D eigenvalue weighted by Gasteiger charge is -2.10. The summed E-state index contributed by atoms with van der Waals surface area (Å²) in [5.74, 6) is -1.20. The molecule has 5 nitrogen and oxygen atoms in total. The third kappa shape index (κ3) is 3.82. The van der Waals surface area contributed by atoms with Gasteiger partial charge >= 0.3 is 0 Å². The van der Waals surface area contributed by atoms with Crippen LogP contribution in [0.3, 0.4) is 0 Å². The van der Waals surface area contributed by atoms with E-state index in [1.807, 2.05) is 25.1 Å². The van der Waals surface area contributed by atoms with Crippen LogP contribution in [0.5, 0.6) is 0 Å². The van der Waals surface area contributed by atoms with Gasteiger partial charge in [-0.05, 0) is 30.7 Å². The number of primary amides is 2. The van der Waals surface area contributed by atoms with Crippen molar-refractivity contribution in [1.29, 1.82) is 0 Å². The lowest BCUT2D eigenvalue weighted by Crippen LogP contribution is -2.16. The van der Waals surface area contributed by atoms with Gasteiger partial charge in [0.2, 0.25) is 11.8 Å². The first-order valence-corrected chi connectivity index (χ1v) is 6.50. The summed E-state index contributed by atoms with van der Waals surface area (Å²) < 4.78 is 0. The minimum Gasteiger partial charge on any atom is -0.381 e. The summed E-state index contributed by atoms with van der Waals surface area (Å²) >= 11 is 0. The van der Waals surface area contributed by atoms with Crippen molar-refractivity contribution >= 4 is 17.5 Å². The molecule has 0 saturated heterocycles. The van der Waals surface area contributed by atoms with Crippen molar-refractivity contribution in [2.24, 2.45) is 11.5 Å². The maximum atomic E-state index is 11.3. The normalized spacial score (nSPS) is 10.1. The van der Waals surface area contributed by atoms with Gasteiger partial charge in [-0.2, -0.15) is 0 Å². The summed E-state index contributed by atoms with van der Waals surface area (Å²) in [5, 5.41) is 3.16. The van der Waals surface area contributed by atoms with Crippen LogP contribution in [0.15, 0.2) is 42.5 Å². The fourth-order valence-corrected chi connectivity index (χ4v) is 2.04. The first-order chi connectivity index (χ1) is 9.95. The molecule has 108 valence electrons. The van der Waals surface area contributed by atoms with Crippen molar-refractivity contribution in [3.8, 4) is 0 Å². The summed E-state index contributed by atoms with van der Waals surface area (Å²) in [6, 6.07) is 12.6. The predicted octanol–water partition coefficient (Wildman–Crippen LogP) is 1.80. The van der Waals surface area contributed by atoms with Gasteiger partial charge in [-0.15, -0.1) is 0 Å². The van der Waals surface area contributed by atoms with Crippen LogP contribution >= 0.6 is 0 Å². The van der Waals surface area contributed by atoms with Gasteiger partial charge in [-0.1, -0.05) is 29.8 Å². The lowest BCUT2D eigenvalue weighted by atomic mass is 10.1. The van der Waals surface area contributed by atoms with Gasteiger partial charge in [0.25, 0.3) is 0 Å². The van der Waals surface area contributed by atoms with Crippen molar-refractivity contribution in [3.05, 3.63) is 64.7 Å². The van der Waals surface area contributed by atoms with E-state index in [1.165, 1.54) is 6.07 Å². The van der Waals surface area contributed by atoms with E-state index in [9.17, 15) is 9.59 Å². The maximum Gasteiger partial charge on any atom is 0.248 e. The molecule has 5 heteroatoms. The van der Waals surface area contributed by atoms with E-state index in [-0.39, 0.29) is 11.1 Å². The molecule has 0 aliphatic heterocycles. The number of nitrogens with two attached hydrogens (primary N) is 2. The van der Waals surface area contributed by atoms with Gasteiger partial charge in [0, 0.05) is 23.4 Å². The molecule has 0 fully saturated rings. The highest BCUT2D eigenvalue weighted by molar-refractivity contribution is 5.99. The largest absolute Gasteiger partial charge is 0.381 e. The van der Waals surface area contributed by atoms with E-state index < -0.39 is 11.8 Å². The molecule has 2 aromatic rings. The fraction of sp³-hybridized carbons (Fsp3) is 0.125. The Bertz CT molecular complexity index is 663. The zero-order chi connectivity index (χ0) is 15.4. The Kier molecular flexibility index (Phi) is 4.23. The summed E-state index contributed by atoms with van der Waals surface area (Å²) in [4.78, 5) is 22.6. The van der Waals surface area contributed by atoms with Gasteiger partial charge in [0.1, 0.15) is 0 Å².